The minimum Gasteiger partial charge on any atom is -0.310 e. The summed E-state index contributed by atoms with van der Waals surface area (Å²) in [5.74, 6) is 0.560. The maximum Gasteiger partial charge on any atom is 0.123 e. The van der Waals surface area contributed by atoms with Crippen LogP contribution < -0.4 is 5.32 Å². The van der Waals surface area contributed by atoms with Gasteiger partial charge < -0.3 is 5.32 Å². The van der Waals surface area contributed by atoms with E-state index in [0.717, 1.165) is 18.0 Å². The van der Waals surface area contributed by atoms with Crippen LogP contribution in [0.4, 0.5) is 4.39 Å². The summed E-state index contributed by atoms with van der Waals surface area (Å²) in [5, 5.41) is 3.46. The molecule has 1 nitrogen and oxygen atoms in total. The highest BCUT2D eigenvalue weighted by Gasteiger charge is 2.08. The SMILES string of the molecule is CCC(CC)CN[C@@H](C)c1cccc(F)c1. The van der Waals surface area contributed by atoms with E-state index in [2.05, 4.69) is 26.1 Å². The van der Waals surface area contributed by atoms with Gasteiger partial charge in [0.05, 0.1) is 0 Å². The lowest BCUT2D eigenvalue weighted by Crippen LogP contribution is -2.25. The van der Waals surface area contributed by atoms with Crippen LogP contribution in [0.2, 0.25) is 0 Å². The van der Waals surface area contributed by atoms with Crippen LogP contribution in [0.15, 0.2) is 24.3 Å². The first kappa shape index (κ1) is 13.2. The highest BCUT2D eigenvalue weighted by atomic mass is 19.1. The van der Waals surface area contributed by atoms with Gasteiger partial charge in [0.25, 0.3) is 0 Å². The van der Waals surface area contributed by atoms with Crippen molar-refractivity contribution >= 4 is 0 Å². The Labute approximate surface area is 98.1 Å². The van der Waals surface area contributed by atoms with E-state index in [1.165, 1.54) is 18.9 Å². The Morgan fingerprint density at radius 1 is 1.25 bits per heavy atom. The monoisotopic (exact) mass is 223 g/mol. The molecule has 0 unspecified atom stereocenters. The van der Waals surface area contributed by atoms with Crippen molar-refractivity contribution in [1.82, 2.24) is 5.32 Å². The average molecular weight is 223 g/mol. The summed E-state index contributed by atoms with van der Waals surface area (Å²) in [5.41, 5.74) is 1.02. The van der Waals surface area contributed by atoms with Gasteiger partial charge in [0, 0.05) is 6.04 Å². The molecule has 0 bridgehead atoms. The van der Waals surface area contributed by atoms with Gasteiger partial charge in [-0.1, -0.05) is 38.8 Å². The molecule has 1 aromatic carbocycles. The van der Waals surface area contributed by atoms with E-state index in [1.54, 1.807) is 12.1 Å². The molecule has 0 saturated carbocycles. The Kier molecular flexibility index (Phi) is 5.47. The second-order valence-electron chi connectivity index (χ2n) is 4.37. The molecule has 0 fully saturated rings. The summed E-state index contributed by atoms with van der Waals surface area (Å²) >= 11 is 0. The van der Waals surface area contributed by atoms with E-state index in [1.807, 2.05) is 6.07 Å². The normalized spacial score (nSPS) is 13.1. The van der Waals surface area contributed by atoms with Gasteiger partial charge in [-0.3, -0.25) is 0 Å². The van der Waals surface area contributed by atoms with Crippen LogP contribution in [0, 0.1) is 11.7 Å². The lowest BCUT2D eigenvalue weighted by molar-refractivity contribution is 0.422. The molecule has 1 rings (SSSR count). The van der Waals surface area contributed by atoms with Gasteiger partial charge >= 0.3 is 0 Å². The Balaban J connectivity index is 2.49. The average Bonchev–Trinajstić information content (AvgIpc) is 2.30. The highest BCUT2D eigenvalue weighted by molar-refractivity contribution is 5.19. The molecular weight excluding hydrogens is 201 g/mol. The largest absolute Gasteiger partial charge is 0.310 e. The zero-order valence-corrected chi connectivity index (χ0v) is 10.5. The maximum absolute atomic E-state index is 13.0. The van der Waals surface area contributed by atoms with Crippen molar-refractivity contribution in [2.45, 2.75) is 39.7 Å². The Morgan fingerprint density at radius 2 is 1.94 bits per heavy atom. The van der Waals surface area contributed by atoms with Gasteiger partial charge in [-0.15, -0.1) is 0 Å². The van der Waals surface area contributed by atoms with E-state index in [9.17, 15) is 4.39 Å². The van der Waals surface area contributed by atoms with Gasteiger partial charge in [0.15, 0.2) is 0 Å². The molecule has 90 valence electrons. The van der Waals surface area contributed by atoms with E-state index >= 15 is 0 Å². The minimum absolute atomic E-state index is 0.159. The molecular formula is C14H22FN. The van der Waals surface area contributed by atoms with Gasteiger partial charge in [0.2, 0.25) is 0 Å². The molecule has 2 heteroatoms. The van der Waals surface area contributed by atoms with E-state index < -0.39 is 0 Å². The fourth-order valence-electron chi connectivity index (χ4n) is 1.81. The van der Waals surface area contributed by atoms with Crippen LogP contribution in [0.25, 0.3) is 0 Å². The van der Waals surface area contributed by atoms with Crippen LogP contribution in [-0.4, -0.2) is 6.54 Å². The molecule has 0 saturated heterocycles. The zero-order chi connectivity index (χ0) is 12.0. The third-order valence-corrected chi connectivity index (χ3v) is 3.22. The summed E-state index contributed by atoms with van der Waals surface area (Å²) in [4.78, 5) is 0. The summed E-state index contributed by atoms with van der Waals surface area (Å²) in [6.45, 7) is 7.51. The number of hydrogen-bond donors (Lipinski definition) is 1. The van der Waals surface area contributed by atoms with Crippen molar-refractivity contribution in [3.05, 3.63) is 35.6 Å². The minimum atomic E-state index is -0.159. The topological polar surface area (TPSA) is 12.0 Å². The predicted molar refractivity (Wildman–Crippen MR) is 66.9 cm³/mol. The molecule has 0 amide bonds. The molecule has 0 spiro atoms. The third-order valence-electron chi connectivity index (χ3n) is 3.22. The molecule has 0 aliphatic carbocycles. The zero-order valence-electron chi connectivity index (χ0n) is 10.5. The van der Waals surface area contributed by atoms with Gasteiger partial charge in [-0.25, -0.2) is 4.39 Å². The lowest BCUT2D eigenvalue weighted by Gasteiger charge is -2.18. The van der Waals surface area contributed by atoms with Crippen molar-refractivity contribution in [2.24, 2.45) is 5.92 Å². The van der Waals surface area contributed by atoms with Crippen LogP contribution >= 0.6 is 0 Å². The lowest BCUT2D eigenvalue weighted by atomic mass is 10.0. The fourth-order valence-corrected chi connectivity index (χ4v) is 1.81. The Bertz CT molecular complexity index is 307. The maximum atomic E-state index is 13.0. The molecule has 0 radical (unpaired) electrons. The standard InChI is InChI=1S/C14H22FN/c1-4-12(5-2)10-16-11(3)13-7-6-8-14(15)9-13/h6-9,11-12,16H,4-5,10H2,1-3H3/t11-/m0/s1. The second kappa shape index (κ2) is 6.64. The van der Waals surface area contributed by atoms with Crippen molar-refractivity contribution in [1.29, 1.82) is 0 Å². The Hall–Kier alpha value is -0.890. The van der Waals surface area contributed by atoms with Gasteiger partial charge in [-0.05, 0) is 37.1 Å². The van der Waals surface area contributed by atoms with Gasteiger partial charge in [-0.2, -0.15) is 0 Å². The molecule has 1 aromatic rings. The molecule has 16 heavy (non-hydrogen) atoms. The van der Waals surface area contributed by atoms with Crippen molar-refractivity contribution in [3.8, 4) is 0 Å². The first-order chi connectivity index (χ1) is 7.67. The molecule has 1 atom stereocenters. The van der Waals surface area contributed by atoms with E-state index in [0.29, 0.717) is 0 Å². The first-order valence-electron chi connectivity index (χ1n) is 6.16. The summed E-state index contributed by atoms with van der Waals surface area (Å²) < 4.78 is 13.0. The molecule has 1 N–H and O–H groups in total. The third kappa shape index (κ3) is 3.93. The van der Waals surface area contributed by atoms with Crippen molar-refractivity contribution in [3.63, 3.8) is 0 Å². The quantitative estimate of drug-likeness (QED) is 0.771. The van der Waals surface area contributed by atoms with Crippen LogP contribution in [-0.2, 0) is 0 Å². The number of nitrogens with one attached hydrogen (secondary N) is 1. The number of hydrogen-bond acceptors (Lipinski definition) is 1. The van der Waals surface area contributed by atoms with E-state index in [4.69, 9.17) is 0 Å². The van der Waals surface area contributed by atoms with Crippen molar-refractivity contribution < 1.29 is 4.39 Å². The summed E-state index contributed by atoms with van der Waals surface area (Å²) in [6.07, 6.45) is 2.39. The summed E-state index contributed by atoms with van der Waals surface area (Å²) in [7, 11) is 0. The first-order valence-corrected chi connectivity index (χ1v) is 6.16. The predicted octanol–water partition coefficient (Wildman–Crippen LogP) is 3.91. The number of rotatable bonds is 6. The fraction of sp³-hybridized carbons (Fsp3) is 0.571. The molecule has 0 aliphatic rings. The van der Waals surface area contributed by atoms with Crippen LogP contribution in [0.3, 0.4) is 0 Å². The number of benzene rings is 1. The molecule has 0 aliphatic heterocycles. The smallest absolute Gasteiger partial charge is 0.123 e. The summed E-state index contributed by atoms with van der Waals surface area (Å²) in [6, 6.07) is 7.03. The van der Waals surface area contributed by atoms with E-state index in [-0.39, 0.29) is 11.9 Å². The number of halogens is 1. The Morgan fingerprint density at radius 3 is 2.50 bits per heavy atom. The molecule has 0 aromatic heterocycles. The second-order valence-corrected chi connectivity index (χ2v) is 4.37. The molecule has 0 heterocycles. The van der Waals surface area contributed by atoms with Gasteiger partial charge in [0.1, 0.15) is 5.82 Å². The van der Waals surface area contributed by atoms with Crippen LogP contribution in [0.5, 0.6) is 0 Å². The van der Waals surface area contributed by atoms with Crippen molar-refractivity contribution in [2.75, 3.05) is 6.54 Å². The highest BCUT2D eigenvalue weighted by Crippen LogP contribution is 2.15. The van der Waals surface area contributed by atoms with Crippen LogP contribution in [0.1, 0.15) is 45.2 Å².